The fourth-order valence-electron chi connectivity index (χ4n) is 3.02. The highest BCUT2D eigenvalue weighted by molar-refractivity contribution is 14.0. The number of carbonyl (C=O) groups is 2. The smallest absolute Gasteiger partial charge is 0.352 e. The van der Waals surface area contributed by atoms with E-state index in [4.69, 9.17) is 5.73 Å². The highest BCUT2D eigenvalue weighted by Gasteiger charge is 2.51. The summed E-state index contributed by atoms with van der Waals surface area (Å²) in [6, 6.07) is -0.603. The molecule has 4 N–H and O–H groups in total. The number of carbonyl (C=O) groups excluding carboxylic acids is 1. The maximum atomic E-state index is 11.9. The quantitative estimate of drug-likeness (QED) is 0.404. The van der Waals surface area contributed by atoms with E-state index >= 15 is 0 Å². The molecular weight excluding hydrogens is 445 g/mol. The van der Waals surface area contributed by atoms with Crippen molar-refractivity contribution < 1.29 is 14.7 Å². The highest BCUT2D eigenvalue weighted by Crippen LogP contribution is 2.40. The first-order chi connectivity index (χ1) is 11.1. The van der Waals surface area contributed by atoms with Crippen LogP contribution in [0.1, 0.15) is 0 Å². The summed E-state index contributed by atoms with van der Waals surface area (Å²) in [4.78, 5) is 26.9. The van der Waals surface area contributed by atoms with Crippen molar-refractivity contribution in [2.75, 3.05) is 12.3 Å². The number of allylic oxidation sites excluding steroid dienone is 2. The molecule has 0 radical (unpaired) electrons. The van der Waals surface area contributed by atoms with Crippen molar-refractivity contribution in [1.29, 1.82) is 0 Å². The minimum atomic E-state index is -1.08. The first kappa shape index (κ1) is 17.2. The lowest BCUT2D eigenvalue weighted by atomic mass is 10.0. The van der Waals surface area contributed by atoms with Crippen LogP contribution in [-0.2, 0) is 9.59 Å². The Balaban J connectivity index is 0.00000169. The summed E-state index contributed by atoms with van der Waals surface area (Å²) in [5, 5.41) is 11.1. The van der Waals surface area contributed by atoms with E-state index in [9.17, 15) is 14.7 Å². The zero-order valence-electron chi connectivity index (χ0n) is 12.5. The zero-order valence-corrected chi connectivity index (χ0v) is 15.6. The van der Waals surface area contributed by atoms with Gasteiger partial charge in [0.05, 0.1) is 0 Å². The molecule has 2 atom stereocenters. The third kappa shape index (κ3) is 2.48. The lowest BCUT2D eigenvalue weighted by Gasteiger charge is -2.48. The van der Waals surface area contributed by atoms with E-state index < -0.39 is 12.0 Å². The molecule has 0 aromatic heterocycles. The van der Waals surface area contributed by atoms with Crippen molar-refractivity contribution in [2.24, 2.45) is 5.73 Å². The first-order valence-electron chi connectivity index (χ1n) is 7.10. The Kier molecular flexibility index (Phi) is 4.53. The number of hydrogen-bond acceptors (Lipinski definition) is 7. The van der Waals surface area contributed by atoms with E-state index in [1.165, 1.54) is 16.7 Å². The number of hydrazine groups is 1. The van der Waals surface area contributed by atoms with Crippen LogP contribution < -0.4 is 11.2 Å². The van der Waals surface area contributed by atoms with Crippen LogP contribution in [0.3, 0.4) is 0 Å². The van der Waals surface area contributed by atoms with Crippen molar-refractivity contribution >= 4 is 47.6 Å². The summed E-state index contributed by atoms with van der Waals surface area (Å²) in [6.07, 6.45) is 9.35. The Morgan fingerprint density at radius 3 is 3.00 bits per heavy atom. The molecular formula is C14H16IN5O3S. The van der Waals surface area contributed by atoms with Crippen molar-refractivity contribution in [3.63, 3.8) is 0 Å². The monoisotopic (exact) mass is 461 g/mol. The molecule has 4 heterocycles. The van der Waals surface area contributed by atoms with E-state index in [1.54, 1.807) is 6.20 Å². The van der Waals surface area contributed by atoms with Crippen molar-refractivity contribution in [1.82, 2.24) is 20.2 Å². The number of carboxylic acids is 1. The molecule has 1 fully saturated rings. The number of carboxylic acid groups (broad SMARTS) is 1. The van der Waals surface area contributed by atoms with Gasteiger partial charge < -0.3 is 21.2 Å². The minimum absolute atomic E-state index is 0. The van der Waals surface area contributed by atoms with Crippen molar-refractivity contribution in [2.45, 2.75) is 11.4 Å². The minimum Gasteiger partial charge on any atom is -0.477 e. The van der Waals surface area contributed by atoms with Crippen LogP contribution in [0.4, 0.5) is 0 Å². The molecule has 1 saturated heterocycles. The number of rotatable bonds is 3. The van der Waals surface area contributed by atoms with E-state index in [0.717, 1.165) is 5.82 Å². The number of amides is 1. The summed E-state index contributed by atoms with van der Waals surface area (Å²) >= 11 is 1.51. The number of halogens is 1. The zero-order chi connectivity index (χ0) is 16.1. The van der Waals surface area contributed by atoms with E-state index in [0.29, 0.717) is 17.9 Å². The Hall–Kier alpha value is -1.66. The molecule has 4 aliphatic rings. The van der Waals surface area contributed by atoms with Gasteiger partial charge in [-0.05, 0) is 17.7 Å². The average Bonchev–Trinajstić information content (AvgIpc) is 2.96. The maximum absolute atomic E-state index is 11.9. The molecule has 128 valence electrons. The number of nitrogens with one attached hydrogen (secondary N) is 1. The Morgan fingerprint density at radius 2 is 2.25 bits per heavy atom. The molecule has 4 aliphatic heterocycles. The Bertz CT molecular complexity index is 719. The van der Waals surface area contributed by atoms with Gasteiger partial charge in [-0.2, -0.15) is 0 Å². The van der Waals surface area contributed by atoms with Crippen LogP contribution in [0.15, 0.2) is 47.8 Å². The maximum Gasteiger partial charge on any atom is 0.352 e. The van der Waals surface area contributed by atoms with Gasteiger partial charge in [0, 0.05) is 30.9 Å². The van der Waals surface area contributed by atoms with E-state index in [2.05, 4.69) is 5.43 Å². The predicted molar refractivity (Wildman–Crippen MR) is 99.2 cm³/mol. The Labute approximate surface area is 159 Å². The van der Waals surface area contributed by atoms with Gasteiger partial charge in [-0.3, -0.25) is 9.69 Å². The number of β-lactam (4-membered cyclic amide) rings is 1. The topological polar surface area (TPSA) is 102 Å². The summed E-state index contributed by atoms with van der Waals surface area (Å²) in [5.41, 5.74) is 9.60. The molecule has 8 nitrogen and oxygen atoms in total. The van der Waals surface area contributed by atoms with Crippen LogP contribution in [0.5, 0.6) is 0 Å². The van der Waals surface area contributed by atoms with Crippen molar-refractivity contribution in [3.05, 3.63) is 47.8 Å². The lowest BCUT2D eigenvalue weighted by molar-refractivity contribution is -0.148. The van der Waals surface area contributed by atoms with Crippen LogP contribution in [0, 0.1) is 0 Å². The first-order valence-corrected chi connectivity index (χ1v) is 8.15. The molecule has 0 aromatic rings. The third-order valence-corrected chi connectivity index (χ3v) is 5.50. The SMILES string of the molecule is I.N[C@H]1C(=O)N2C(C(=O)O)=C(CN3C=CN4NC=CC=C34)CS[C@@H]12. The summed E-state index contributed by atoms with van der Waals surface area (Å²) in [6.45, 7) is 0.411. The molecule has 0 aromatic carbocycles. The normalized spacial score (nSPS) is 27.1. The number of hydrogen-bond donors (Lipinski definition) is 3. The van der Waals surface area contributed by atoms with Gasteiger partial charge in [0.25, 0.3) is 0 Å². The van der Waals surface area contributed by atoms with Crippen LogP contribution in [-0.4, -0.2) is 55.5 Å². The third-order valence-electron chi connectivity index (χ3n) is 4.14. The highest BCUT2D eigenvalue weighted by atomic mass is 127. The van der Waals surface area contributed by atoms with E-state index in [1.807, 2.05) is 34.5 Å². The fraction of sp³-hybridized carbons (Fsp3) is 0.286. The number of thioether (sulfide) groups is 1. The molecule has 0 spiro atoms. The molecule has 0 saturated carbocycles. The summed E-state index contributed by atoms with van der Waals surface area (Å²) < 4.78 is 0. The van der Waals surface area contributed by atoms with Crippen LogP contribution in [0.25, 0.3) is 0 Å². The van der Waals surface area contributed by atoms with Crippen LogP contribution >= 0.6 is 35.7 Å². The lowest BCUT2D eigenvalue weighted by Crippen LogP contribution is -2.68. The second-order valence-electron chi connectivity index (χ2n) is 5.50. The van der Waals surface area contributed by atoms with Gasteiger partial charge in [0.15, 0.2) is 0 Å². The van der Waals surface area contributed by atoms with Gasteiger partial charge in [-0.1, -0.05) is 0 Å². The standard InChI is InChI=1S/C14H15N5O3S.HI/c15-10-12(20)19-11(14(21)22)8(7-23-13(10)19)6-17-4-5-18-9(17)2-1-3-16-18;/h1-5,10,13,16H,6-7,15H2,(H,21,22);1H/t10-,13-;/m0./s1. The van der Waals surface area contributed by atoms with Gasteiger partial charge >= 0.3 is 5.97 Å². The average molecular weight is 461 g/mol. The molecule has 0 unspecified atom stereocenters. The number of aliphatic carboxylic acids is 1. The number of fused-ring (bicyclic) bond motifs is 2. The molecule has 0 bridgehead atoms. The fourth-order valence-corrected chi connectivity index (χ4v) is 4.30. The summed E-state index contributed by atoms with van der Waals surface area (Å²) in [5.74, 6) is 0.0481. The Morgan fingerprint density at radius 1 is 1.46 bits per heavy atom. The molecule has 4 rings (SSSR count). The van der Waals surface area contributed by atoms with Crippen molar-refractivity contribution in [3.8, 4) is 0 Å². The number of nitrogens with zero attached hydrogens (tertiary/aromatic N) is 3. The van der Waals surface area contributed by atoms with Crippen LogP contribution in [0.2, 0.25) is 0 Å². The van der Waals surface area contributed by atoms with E-state index in [-0.39, 0.29) is 41.0 Å². The van der Waals surface area contributed by atoms with Gasteiger partial charge in [-0.15, -0.1) is 35.7 Å². The summed E-state index contributed by atoms with van der Waals surface area (Å²) in [7, 11) is 0. The molecule has 0 aliphatic carbocycles. The molecule has 10 heteroatoms. The predicted octanol–water partition coefficient (Wildman–Crippen LogP) is 0.148. The molecule has 1 amide bonds. The number of nitrogens with two attached hydrogens (primary N) is 1. The van der Waals surface area contributed by atoms with Gasteiger partial charge in [0.1, 0.15) is 22.9 Å². The van der Waals surface area contributed by atoms with Gasteiger partial charge in [0.2, 0.25) is 5.91 Å². The second kappa shape index (κ2) is 6.33. The van der Waals surface area contributed by atoms with Gasteiger partial charge in [-0.25, -0.2) is 9.80 Å². The second-order valence-corrected chi connectivity index (χ2v) is 6.61. The molecule has 24 heavy (non-hydrogen) atoms. The largest absolute Gasteiger partial charge is 0.477 e.